The van der Waals surface area contributed by atoms with Crippen molar-refractivity contribution in [2.24, 2.45) is 0 Å². The Bertz CT molecular complexity index is 363. The van der Waals surface area contributed by atoms with Crippen molar-refractivity contribution in [2.45, 2.75) is 6.54 Å². The van der Waals surface area contributed by atoms with Crippen molar-refractivity contribution < 1.29 is 13.9 Å². The Kier molecular flexibility index (Phi) is 7.01. The van der Waals surface area contributed by atoms with E-state index in [4.69, 9.17) is 21.1 Å². The molecule has 0 saturated carbocycles. The van der Waals surface area contributed by atoms with E-state index in [0.29, 0.717) is 19.0 Å². The average molecular weight is 276 g/mol. The summed E-state index contributed by atoms with van der Waals surface area (Å²) in [5, 5.41) is 0. The number of hydrogen-bond acceptors (Lipinski definition) is 3. The van der Waals surface area contributed by atoms with E-state index in [1.165, 1.54) is 13.2 Å². The molecule has 0 aliphatic heterocycles. The van der Waals surface area contributed by atoms with E-state index in [0.717, 1.165) is 18.7 Å². The lowest BCUT2D eigenvalue weighted by molar-refractivity contribution is 0.148. The van der Waals surface area contributed by atoms with Gasteiger partial charge in [-0.15, -0.1) is 11.6 Å². The number of benzene rings is 1. The van der Waals surface area contributed by atoms with Crippen molar-refractivity contribution in [1.82, 2.24) is 4.90 Å². The first-order chi connectivity index (χ1) is 8.71. The number of halogens is 2. The molecule has 0 aliphatic carbocycles. The van der Waals surface area contributed by atoms with Gasteiger partial charge in [0.2, 0.25) is 0 Å². The Morgan fingerprint density at radius 1 is 1.28 bits per heavy atom. The molecule has 102 valence electrons. The van der Waals surface area contributed by atoms with Crippen LogP contribution in [0.15, 0.2) is 18.2 Å². The zero-order valence-corrected chi connectivity index (χ0v) is 11.5. The molecule has 0 N–H and O–H groups in total. The Morgan fingerprint density at radius 2 is 2.06 bits per heavy atom. The molecule has 0 amide bonds. The first kappa shape index (κ1) is 15.2. The smallest absolute Gasteiger partial charge is 0.165 e. The zero-order valence-electron chi connectivity index (χ0n) is 10.8. The molecule has 0 spiro atoms. The maximum absolute atomic E-state index is 13.5. The van der Waals surface area contributed by atoms with Crippen LogP contribution in [0.1, 0.15) is 5.56 Å². The van der Waals surface area contributed by atoms with Crippen LogP contribution in [0.2, 0.25) is 0 Å². The van der Waals surface area contributed by atoms with Gasteiger partial charge in [0.1, 0.15) is 0 Å². The Hall–Kier alpha value is -0.840. The number of rotatable bonds is 8. The van der Waals surface area contributed by atoms with Crippen molar-refractivity contribution in [2.75, 3.05) is 39.8 Å². The molecule has 0 saturated heterocycles. The Balaban J connectivity index is 2.64. The summed E-state index contributed by atoms with van der Waals surface area (Å²) >= 11 is 5.74. The van der Waals surface area contributed by atoms with Crippen LogP contribution in [0.25, 0.3) is 0 Å². The summed E-state index contributed by atoms with van der Waals surface area (Å²) < 4.78 is 23.5. The van der Waals surface area contributed by atoms with E-state index in [9.17, 15) is 4.39 Å². The first-order valence-corrected chi connectivity index (χ1v) is 6.34. The number of methoxy groups -OCH3 is 2. The lowest BCUT2D eigenvalue weighted by atomic mass is 10.2. The fourth-order valence-electron chi connectivity index (χ4n) is 1.68. The highest BCUT2D eigenvalue weighted by Gasteiger charge is 2.08. The van der Waals surface area contributed by atoms with Gasteiger partial charge in [0, 0.05) is 32.6 Å². The van der Waals surface area contributed by atoms with Crippen LogP contribution in [0.5, 0.6) is 5.75 Å². The second kappa shape index (κ2) is 8.29. The topological polar surface area (TPSA) is 21.7 Å². The normalized spacial score (nSPS) is 10.9. The van der Waals surface area contributed by atoms with E-state index in [-0.39, 0.29) is 11.6 Å². The van der Waals surface area contributed by atoms with Gasteiger partial charge in [-0.05, 0) is 17.7 Å². The summed E-state index contributed by atoms with van der Waals surface area (Å²) in [5.41, 5.74) is 0.898. The van der Waals surface area contributed by atoms with Crippen LogP contribution in [0.4, 0.5) is 4.39 Å². The van der Waals surface area contributed by atoms with Crippen molar-refractivity contribution in [3.8, 4) is 5.75 Å². The third-order valence-electron chi connectivity index (χ3n) is 2.63. The highest BCUT2D eigenvalue weighted by Crippen LogP contribution is 2.18. The lowest BCUT2D eigenvalue weighted by Gasteiger charge is -2.21. The number of hydrogen-bond donors (Lipinski definition) is 0. The third kappa shape index (κ3) is 4.80. The average Bonchev–Trinajstić information content (AvgIpc) is 2.36. The van der Waals surface area contributed by atoms with Gasteiger partial charge in [0.15, 0.2) is 11.6 Å². The molecule has 0 unspecified atom stereocenters. The molecule has 5 heteroatoms. The fraction of sp³-hybridized carbons (Fsp3) is 0.538. The molecule has 0 aliphatic rings. The van der Waals surface area contributed by atoms with E-state index >= 15 is 0 Å². The fourth-order valence-corrected chi connectivity index (χ4v) is 1.92. The van der Waals surface area contributed by atoms with Gasteiger partial charge in [-0.3, -0.25) is 4.90 Å². The van der Waals surface area contributed by atoms with Crippen LogP contribution in [0, 0.1) is 5.82 Å². The third-order valence-corrected chi connectivity index (χ3v) is 2.80. The summed E-state index contributed by atoms with van der Waals surface area (Å²) in [4.78, 5) is 2.12. The molecule has 0 atom stereocenters. The zero-order chi connectivity index (χ0) is 13.4. The van der Waals surface area contributed by atoms with Gasteiger partial charge in [0.05, 0.1) is 13.7 Å². The molecule has 0 radical (unpaired) electrons. The summed E-state index contributed by atoms with van der Waals surface area (Å²) in [7, 11) is 3.11. The molecule has 0 fully saturated rings. The minimum Gasteiger partial charge on any atom is -0.494 e. The van der Waals surface area contributed by atoms with Crippen molar-refractivity contribution >= 4 is 11.6 Å². The first-order valence-electron chi connectivity index (χ1n) is 5.81. The van der Waals surface area contributed by atoms with E-state index in [1.807, 2.05) is 6.07 Å². The molecule has 0 aromatic heterocycles. The van der Waals surface area contributed by atoms with Crippen molar-refractivity contribution in [1.29, 1.82) is 0 Å². The number of alkyl halides is 1. The van der Waals surface area contributed by atoms with E-state index < -0.39 is 0 Å². The number of nitrogens with zero attached hydrogens (tertiary/aromatic N) is 1. The summed E-state index contributed by atoms with van der Waals surface area (Å²) in [6.07, 6.45) is 0. The Labute approximate surface area is 112 Å². The molecular weight excluding hydrogens is 257 g/mol. The molecule has 1 rings (SSSR count). The largest absolute Gasteiger partial charge is 0.494 e. The highest BCUT2D eigenvalue weighted by atomic mass is 35.5. The highest BCUT2D eigenvalue weighted by molar-refractivity contribution is 6.18. The van der Waals surface area contributed by atoms with Crippen LogP contribution in [-0.4, -0.2) is 44.7 Å². The van der Waals surface area contributed by atoms with Crippen LogP contribution in [-0.2, 0) is 11.3 Å². The minimum atomic E-state index is -0.340. The molecule has 0 bridgehead atoms. The van der Waals surface area contributed by atoms with E-state index in [2.05, 4.69) is 4.90 Å². The summed E-state index contributed by atoms with van der Waals surface area (Å²) in [6, 6.07) is 4.99. The van der Waals surface area contributed by atoms with Crippen LogP contribution in [0.3, 0.4) is 0 Å². The minimum absolute atomic E-state index is 0.263. The van der Waals surface area contributed by atoms with Gasteiger partial charge in [-0.2, -0.15) is 0 Å². The number of ether oxygens (including phenoxy) is 2. The standard InChI is InChI=1S/C13H19ClFNO2/c1-17-8-7-16(6-5-14)10-11-3-4-13(18-2)12(15)9-11/h3-4,9H,5-8,10H2,1-2H3. The summed E-state index contributed by atoms with van der Waals surface area (Å²) in [5.74, 6) is 0.467. The lowest BCUT2D eigenvalue weighted by Crippen LogP contribution is -2.28. The van der Waals surface area contributed by atoms with Crippen molar-refractivity contribution in [3.63, 3.8) is 0 Å². The molecule has 18 heavy (non-hydrogen) atoms. The quantitative estimate of drug-likeness (QED) is 0.681. The SMILES string of the molecule is COCCN(CCCl)Cc1ccc(OC)c(F)c1. The van der Waals surface area contributed by atoms with Gasteiger partial charge in [-0.25, -0.2) is 4.39 Å². The molecular formula is C13H19ClFNO2. The Morgan fingerprint density at radius 3 is 2.61 bits per heavy atom. The van der Waals surface area contributed by atoms with E-state index in [1.54, 1.807) is 13.2 Å². The monoisotopic (exact) mass is 275 g/mol. The molecule has 1 aromatic carbocycles. The van der Waals surface area contributed by atoms with Crippen LogP contribution < -0.4 is 4.74 Å². The van der Waals surface area contributed by atoms with Crippen LogP contribution >= 0.6 is 11.6 Å². The van der Waals surface area contributed by atoms with Gasteiger partial charge >= 0.3 is 0 Å². The summed E-state index contributed by atoms with van der Waals surface area (Å²) in [6.45, 7) is 2.81. The van der Waals surface area contributed by atoms with Gasteiger partial charge < -0.3 is 9.47 Å². The maximum Gasteiger partial charge on any atom is 0.165 e. The van der Waals surface area contributed by atoms with Gasteiger partial charge in [-0.1, -0.05) is 6.07 Å². The molecule has 3 nitrogen and oxygen atoms in total. The second-order valence-electron chi connectivity index (χ2n) is 3.93. The predicted molar refractivity (Wildman–Crippen MR) is 70.8 cm³/mol. The molecule has 0 heterocycles. The maximum atomic E-state index is 13.5. The van der Waals surface area contributed by atoms with Gasteiger partial charge in [0.25, 0.3) is 0 Å². The van der Waals surface area contributed by atoms with Crippen molar-refractivity contribution in [3.05, 3.63) is 29.6 Å². The second-order valence-corrected chi connectivity index (χ2v) is 4.30. The molecule has 1 aromatic rings. The predicted octanol–water partition coefficient (Wildman–Crippen LogP) is 2.52.